The second kappa shape index (κ2) is 3.00. The highest BCUT2D eigenvalue weighted by Gasteiger charge is 2.38. The molecule has 2 heterocycles. The van der Waals surface area contributed by atoms with E-state index in [4.69, 9.17) is 25.2 Å². The molecule has 0 spiro atoms. The maximum atomic E-state index is 6.09. The van der Waals surface area contributed by atoms with Gasteiger partial charge in [-0.1, -0.05) is 29.0 Å². The molecule has 0 bridgehead atoms. The summed E-state index contributed by atoms with van der Waals surface area (Å²) >= 11 is 0. The summed E-state index contributed by atoms with van der Waals surface area (Å²) in [5.41, 5.74) is 0.894. The maximum absolute atomic E-state index is 6.09. The zero-order valence-electron chi connectivity index (χ0n) is 8.27. The molecule has 5 heteroatoms. The molecule has 5 radical (unpaired) electrons. The SMILES string of the molecule is [B]C([B])(c1ccc2c(c1)OCO2)C1[B]C1. The lowest BCUT2D eigenvalue weighted by Crippen LogP contribution is -2.27. The van der Waals surface area contributed by atoms with Gasteiger partial charge in [-0.3, -0.25) is 0 Å². The van der Waals surface area contributed by atoms with Crippen molar-refractivity contribution in [1.29, 1.82) is 0 Å². The molecular weight excluding hydrogens is 185 g/mol. The van der Waals surface area contributed by atoms with E-state index in [2.05, 4.69) is 7.28 Å². The fraction of sp³-hybridized carbons (Fsp3) is 0.400. The lowest BCUT2D eigenvalue weighted by Gasteiger charge is -2.27. The van der Waals surface area contributed by atoms with Crippen LogP contribution >= 0.6 is 0 Å². The van der Waals surface area contributed by atoms with E-state index in [1.54, 1.807) is 0 Å². The van der Waals surface area contributed by atoms with Gasteiger partial charge in [0.15, 0.2) is 11.5 Å². The molecule has 15 heavy (non-hydrogen) atoms. The molecular formula is C10H8B3O2. The lowest BCUT2D eigenvalue weighted by atomic mass is 9.46. The predicted molar refractivity (Wildman–Crippen MR) is 60.1 cm³/mol. The molecule has 1 aromatic rings. The Balaban J connectivity index is 1.98. The van der Waals surface area contributed by atoms with Crippen LogP contribution in [0.1, 0.15) is 5.56 Å². The van der Waals surface area contributed by atoms with Crippen LogP contribution in [0.3, 0.4) is 0 Å². The fourth-order valence-corrected chi connectivity index (χ4v) is 1.84. The Kier molecular flexibility index (Phi) is 1.85. The van der Waals surface area contributed by atoms with Crippen LogP contribution in [0.2, 0.25) is 12.1 Å². The molecule has 3 rings (SSSR count). The highest BCUT2D eigenvalue weighted by Crippen LogP contribution is 2.45. The maximum Gasteiger partial charge on any atom is 0.231 e. The number of hydrogen-bond acceptors (Lipinski definition) is 2. The van der Waals surface area contributed by atoms with Crippen molar-refractivity contribution in [3.05, 3.63) is 23.8 Å². The number of ether oxygens (including phenoxy) is 2. The van der Waals surface area contributed by atoms with Gasteiger partial charge in [0.05, 0.1) is 15.7 Å². The highest BCUT2D eigenvalue weighted by atomic mass is 16.7. The van der Waals surface area contributed by atoms with Crippen molar-refractivity contribution in [2.75, 3.05) is 6.79 Å². The van der Waals surface area contributed by atoms with E-state index in [1.165, 1.54) is 0 Å². The van der Waals surface area contributed by atoms with Gasteiger partial charge in [-0.15, -0.1) is 0 Å². The summed E-state index contributed by atoms with van der Waals surface area (Å²) in [6.45, 7) is 0.274. The van der Waals surface area contributed by atoms with Crippen molar-refractivity contribution in [3.8, 4) is 11.5 Å². The summed E-state index contributed by atoms with van der Waals surface area (Å²) in [6.07, 6.45) is 0.988. The van der Waals surface area contributed by atoms with Crippen molar-refractivity contribution in [2.24, 2.45) is 0 Å². The van der Waals surface area contributed by atoms with E-state index in [-0.39, 0.29) is 12.6 Å². The van der Waals surface area contributed by atoms with Crippen LogP contribution in [-0.4, -0.2) is 29.8 Å². The van der Waals surface area contributed by atoms with E-state index in [0.29, 0.717) is 0 Å². The van der Waals surface area contributed by atoms with E-state index in [9.17, 15) is 0 Å². The highest BCUT2D eigenvalue weighted by molar-refractivity contribution is 6.58. The van der Waals surface area contributed by atoms with Gasteiger partial charge in [0.2, 0.25) is 6.79 Å². The van der Waals surface area contributed by atoms with E-state index in [0.717, 1.165) is 23.4 Å². The first kappa shape index (κ1) is 9.26. The number of benzene rings is 1. The number of fused-ring (bicyclic) bond motifs is 1. The normalized spacial score (nSPS) is 22.3. The minimum absolute atomic E-state index is 0.274. The van der Waals surface area contributed by atoms with Gasteiger partial charge >= 0.3 is 0 Å². The molecule has 0 saturated carbocycles. The van der Waals surface area contributed by atoms with Gasteiger partial charge in [-0.05, 0) is 12.1 Å². The predicted octanol–water partition coefficient (Wildman–Crippen LogP) is 0.830. The number of rotatable bonds is 2. The summed E-state index contributed by atoms with van der Waals surface area (Å²) in [7, 11) is 14.3. The summed E-state index contributed by atoms with van der Waals surface area (Å²) in [5.74, 6) is 1.76. The van der Waals surface area contributed by atoms with E-state index < -0.39 is 5.21 Å². The Morgan fingerprint density at radius 2 is 2.00 bits per heavy atom. The first-order valence-electron chi connectivity index (χ1n) is 4.99. The third kappa shape index (κ3) is 1.45. The first-order chi connectivity index (χ1) is 7.18. The van der Waals surface area contributed by atoms with Crippen LogP contribution in [0.4, 0.5) is 0 Å². The molecule has 2 aliphatic heterocycles. The summed E-state index contributed by atoms with van der Waals surface area (Å²) in [6, 6.07) is 5.63. The van der Waals surface area contributed by atoms with Gasteiger partial charge in [0, 0.05) is 0 Å². The zero-order chi connectivity index (χ0) is 10.5. The average molecular weight is 193 g/mol. The zero-order valence-corrected chi connectivity index (χ0v) is 8.27. The van der Waals surface area contributed by atoms with Crippen molar-refractivity contribution >= 4 is 23.0 Å². The fourth-order valence-electron chi connectivity index (χ4n) is 1.84. The van der Waals surface area contributed by atoms with Gasteiger partial charge < -0.3 is 9.47 Å². The minimum atomic E-state index is -0.777. The molecule has 0 aliphatic carbocycles. The molecule has 1 aromatic carbocycles. The molecule has 0 aromatic heterocycles. The van der Waals surface area contributed by atoms with Crippen LogP contribution in [0.25, 0.3) is 0 Å². The minimum Gasteiger partial charge on any atom is -0.454 e. The molecule has 1 unspecified atom stereocenters. The van der Waals surface area contributed by atoms with E-state index in [1.807, 2.05) is 18.2 Å². The molecule has 2 aliphatic rings. The molecule has 0 amide bonds. The second-order valence-corrected chi connectivity index (χ2v) is 4.08. The summed E-state index contributed by atoms with van der Waals surface area (Å²) < 4.78 is 10.5. The Bertz CT molecular complexity index is 402. The van der Waals surface area contributed by atoms with Gasteiger partial charge in [-0.2, -0.15) is 0 Å². The monoisotopic (exact) mass is 193 g/mol. The van der Waals surface area contributed by atoms with Crippen molar-refractivity contribution < 1.29 is 9.47 Å². The Morgan fingerprint density at radius 3 is 2.73 bits per heavy atom. The van der Waals surface area contributed by atoms with Crippen molar-refractivity contribution in [2.45, 2.75) is 17.4 Å². The van der Waals surface area contributed by atoms with Crippen molar-refractivity contribution in [1.82, 2.24) is 0 Å². The van der Waals surface area contributed by atoms with Crippen LogP contribution in [0.15, 0.2) is 18.2 Å². The standard InChI is InChI=1S/C10H8B3O2/c11-10(12,9-4-13-9)6-1-2-7-8(3-6)15-5-14-7/h1-3,9H,4-5H2. The quantitative estimate of drug-likeness (QED) is 0.647. The van der Waals surface area contributed by atoms with Crippen molar-refractivity contribution in [3.63, 3.8) is 0 Å². The van der Waals surface area contributed by atoms with Crippen LogP contribution in [0, 0.1) is 0 Å². The second-order valence-electron chi connectivity index (χ2n) is 4.08. The summed E-state index contributed by atoms with van der Waals surface area (Å²) in [4.78, 5) is 0. The Morgan fingerprint density at radius 1 is 1.27 bits per heavy atom. The smallest absolute Gasteiger partial charge is 0.231 e. The molecule has 1 saturated heterocycles. The lowest BCUT2D eigenvalue weighted by molar-refractivity contribution is 0.174. The third-order valence-corrected chi connectivity index (χ3v) is 2.96. The molecule has 1 atom stereocenters. The third-order valence-electron chi connectivity index (χ3n) is 2.96. The average Bonchev–Trinajstić information content (AvgIpc) is 2.97. The van der Waals surface area contributed by atoms with Gasteiger partial charge in [0.1, 0.15) is 7.28 Å². The molecule has 69 valence electrons. The molecule has 1 fully saturated rings. The van der Waals surface area contributed by atoms with Gasteiger partial charge in [-0.25, -0.2) is 0 Å². The topological polar surface area (TPSA) is 18.5 Å². The summed E-state index contributed by atoms with van der Waals surface area (Å²) in [5, 5.41) is -0.777. The Hall–Kier alpha value is -0.985. The van der Waals surface area contributed by atoms with Crippen LogP contribution in [0.5, 0.6) is 11.5 Å². The largest absolute Gasteiger partial charge is 0.454 e. The van der Waals surface area contributed by atoms with E-state index >= 15 is 0 Å². The molecule has 2 nitrogen and oxygen atoms in total. The van der Waals surface area contributed by atoms with Crippen LogP contribution < -0.4 is 9.47 Å². The number of hydrogen-bond donors (Lipinski definition) is 0. The molecule has 0 N–H and O–H groups in total. The van der Waals surface area contributed by atoms with Gasteiger partial charge in [0.25, 0.3) is 0 Å². The Labute approximate surface area is 92.4 Å². The van der Waals surface area contributed by atoms with Crippen LogP contribution in [-0.2, 0) is 5.21 Å². The first-order valence-corrected chi connectivity index (χ1v) is 4.99.